The molecule has 4 fully saturated rings. The van der Waals surface area contributed by atoms with Gasteiger partial charge in [0.05, 0.1) is 26.0 Å². The highest BCUT2D eigenvalue weighted by Gasteiger charge is 2.45. The molecule has 0 radical (unpaired) electrons. The molecule has 0 spiro atoms. The Hall–Kier alpha value is -4.12. The van der Waals surface area contributed by atoms with E-state index in [1.165, 1.54) is 0 Å². The number of rotatable bonds is 6. The second kappa shape index (κ2) is 14.8. The number of ether oxygens (including phenoxy) is 2. The molecule has 252 valence electrons. The topological polar surface area (TPSA) is 121 Å². The van der Waals surface area contributed by atoms with Gasteiger partial charge in [-0.25, -0.2) is 0 Å². The Morgan fingerprint density at radius 3 is 2.55 bits per heavy atom. The minimum atomic E-state index is -0.727. The number of methoxy groups -OCH3 is 1. The molecule has 2 N–H and O–H groups in total. The molecule has 0 saturated carbocycles. The van der Waals surface area contributed by atoms with Gasteiger partial charge in [0.15, 0.2) is 0 Å². The second-order valence-electron chi connectivity index (χ2n) is 13.4. The molecule has 47 heavy (non-hydrogen) atoms. The molecular weight excluding hydrogens is 598 g/mol. The molecule has 4 saturated heterocycles. The summed E-state index contributed by atoms with van der Waals surface area (Å²) in [5.74, 6) is 0.330. The fraction of sp³-hybridized carbons (Fsp3) is 0.556. The maximum absolute atomic E-state index is 14.0. The Morgan fingerprint density at radius 2 is 1.79 bits per heavy atom. The van der Waals surface area contributed by atoms with E-state index in [1.54, 1.807) is 14.0 Å². The third kappa shape index (κ3) is 7.56. The maximum atomic E-state index is 14.0. The highest BCUT2D eigenvalue weighted by atomic mass is 16.5. The predicted molar refractivity (Wildman–Crippen MR) is 177 cm³/mol. The van der Waals surface area contributed by atoms with Crippen molar-refractivity contribution in [1.29, 1.82) is 0 Å². The summed E-state index contributed by atoms with van der Waals surface area (Å²) in [6.45, 7) is 6.09. The summed E-state index contributed by atoms with van der Waals surface area (Å²) in [5.41, 5.74) is 2.60. The third-order valence-corrected chi connectivity index (χ3v) is 10.2. The number of piperidine rings is 2. The van der Waals surface area contributed by atoms with Crippen molar-refractivity contribution in [1.82, 2.24) is 20.4 Å². The molecule has 2 aromatic rings. The summed E-state index contributed by atoms with van der Waals surface area (Å²) in [6.07, 6.45) is 3.55. The van der Waals surface area contributed by atoms with Crippen LogP contribution in [0.5, 0.6) is 5.75 Å². The molecule has 2 aromatic carbocycles. The van der Waals surface area contributed by atoms with Gasteiger partial charge in [0.25, 0.3) is 5.91 Å². The molecule has 4 aliphatic rings. The van der Waals surface area contributed by atoms with Crippen LogP contribution in [0, 0.1) is 11.8 Å². The van der Waals surface area contributed by atoms with E-state index in [-0.39, 0.29) is 47.9 Å². The fourth-order valence-corrected chi connectivity index (χ4v) is 7.78. The number of benzene rings is 2. The average Bonchev–Trinajstić information content (AvgIpc) is 3.10. The Bertz CT molecular complexity index is 1450. The van der Waals surface area contributed by atoms with Crippen LogP contribution in [0.15, 0.2) is 48.5 Å². The van der Waals surface area contributed by atoms with E-state index in [2.05, 4.69) is 15.5 Å². The Balaban J connectivity index is 1.15. The number of hydrogen-bond acceptors (Lipinski definition) is 7. The molecule has 0 aromatic heterocycles. The van der Waals surface area contributed by atoms with Crippen LogP contribution in [0.3, 0.4) is 0 Å². The zero-order chi connectivity index (χ0) is 32.9. The molecule has 6 rings (SSSR count). The van der Waals surface area contributed by atoms with Gasteiger partial charge >= 0.3 is 0 Å². The monoisotopic (exact) mass is 645 g/mol. The average molecular weight is 646 g/mol. The van der Waals surface area contributed by atoms with Crippen LogP contribution >= 0.6 is 0 Å². The second-order valence-corrected chi connectivity index (χ2v) is 13.4. The predicted octanol–water partition coefficient (Wildman–Crippen LogP) is 2.63. The quantitative estimate of drug-likeness (QED) is 0.496. The first-order valence-corrected chi connectivity index (χ1v) is 17.0. The van der Waals surface area contributed by atoms with E-state index >= 15 is 0 Å². The molecule has 2 bridgehead atoms. The fourth-order valence-electron chi connectivity index (χ4n) is 7.78. The van der Waals surface area contributed by atoms with Gasteiger partial charge < -0.3 is 34.8 Å². The highest BCUT2D eigenvalue weighted by Crippen LogP contribution is 2.37. The van der Waals surface area contributed by atoms with E-state index in [1.807, 2.05) is 58.3 Å². The number of amides is 4. The van der Waals surface area contributed by atoms with Crippen LogP contribution in [0.1, 0.15) is 54.9 Å². The van der Waals surface area contributed by atoms with Crippen molar-refractivity contribution in [2.45, 2.75) is 63.6 Å². The van der Waals surface area contributed by atoms with E-state index in [0.29, 0.717) is 64.1 Å². The lowest BCUT2D eigenvalue weighted by Crippen LogP contribution is -2.63. The molecule has 0 aliphatic carbocycles. The van der Waals surface area contributed by atoms with Gasteiger partial charge in [0.1, 0.15) is 17.8 Å². The Labute approximate surface area is 276 Å². The van der Waals surface area contributed by atoms with E-state index < -0.39 is 12.1 Å². The maximum Gasteiger partial charge on any atom is 0.253 e. The minimum Gasteiger partial charge on any atom is -0.495 e. The van der Waals surface area contributed by atoms with Gasteiger partial charge in [-0.3, -0.25) is 19.2 Å². The van der Waals surface area contributed by atoms with Crippen molar-refractivity contribution >= 4 is 29.3 Å². The zero-order valence-corrected chi connectivity index (χ0v) is 27.5. The number of anilines is 1. The smallest absolute Gasteiger partial charge is 0.253 e. The van der Waals surface area contributed by atoms with E-state index in [9.17, 15) is 19.2 Å². The lowest BCUT2D eigenvalue weighted by atomic mass is 9.77. The van der Waals surface area contributed by atoms with Crippen LogP contribution in [-0.4, -0.2) is 105 Å². The van der Waals surface area contributed by atoms with Crippen LogP contribution in [0.25, 0.3) is 0 Å². The van der Waals surface area contributed by atoms with Gasteiger partial charge in [0, 0.05) is 50.7 Å². The standard InChI is InChI=1S/C36H47N5O6/c1-24-35(44)41-22-26-19-28(23-40(21-26)36(45)27-12-14-32(46-2)31(20-27)39-15-17-47-18-16-39)30(41)9-6-10-33(42)38-29(34(43)37-24)13-11-25-7-4-3-5-8-25/h3-5,7-8,12,14,20,24,26,28-30H,6,9-11,13,15-19,21-23H2,1-2H3,(H,37,43)(H,38,42)/t24-,26+,28-,29+,30+/m1/s1. The van der Waals surface area contributed by atoms with Crippen molar-refractivity contribution in [2.75, 3.05) is 57.9 Å². The molecule has 4 amide bonds. The van der Waals surface area contributed by atoms with E-state index in [0.717, 1.165) is 36.5 Å². The largest absolute Gasteiger partial charge is 0.495 e. The van der Waals surface area contributed by atoms with Crippen molar-refractivity contribution in [3.8, 4) is 5.75 Å². The SMILES string of the molecule is COc1ccc(C(=O)N2C[C@@H]3C[C@H](C2)[C@@H]2CCCC(=O)N[C@@H](CCc4ccccc4)C(=O)N[C@H](C)C(=O)N2C3)cc1N1CCOCC1. The van der Waals surface area contributed by atoms with Gasteiger partial charge in [-0.05, 0) is 74.6 Å². The summed E-state index contributed by atoms with van der Waals surface area (Å²) in [4.78, 5) is 60.4. The van der Waals surface area contributed by atoms with Crippen LogP contribution in [0.2, 0.25) is 0 Å². The first kappa shape index (κ1) is 32.8. The molecular formula is C36H47N5O6. The van der Waals surface area contributed by atoms with Crippen molar-refractivity contribution < 1.29 is 28.7 Å². The third-order valence-electron chi connectivity index (χ3n) is 10.2. The Morgan fingerprint density at radius 1 is 1.00 bits per heavy atom. The molecule has 4 aliphatic heterocycles. The molecule has 4 heterocycles. The van der Waals surface area contributed by atoms with E-state index in [4.69, 9.17) is 9.47 Å². The number of morpholine rings is 1. The normalized spacial score (nSPS) is 27.1. The summed E-state index contributed by atoms with van der Waals surface area (Å²) in [7, 11) is 1.64. The summed E-state index contributed by atoms with van der Waals surface area (Å²) in [6, 6.07) is 13.9. The molecule has 0 unspecified atom stereocenters. The van der Waals surface area contributed by atoms with Crippen molar-refractivity contribution in [3.63, 3.8) is 0 Å². The van der Waals surface area contributed by atoms with Crippen molar-refractivity contribution in [2.24, 2.45) is 11.8 Å². The summed E-state index contributed by atoms with van der Waals surface area (Å²) in [5, 5.41) is 5.85. The summed E-state index contributed by atoms with van der Waals surface area (Å²) < 4.78 is 11.2. The Kier molecular flexibility index (Phi) is 10.3. The minimum absolute atomic E-state index is 0.0219. The zero-order valence-electron chi connectivity index (χ0n) is 27.5. The number of carbonyl (C=O) groups excluding carboxylic acids is 4. The van der Waals surface area contributed by atoms with Gasteiger partial charge in [-0.2, -0.15) is 0 Å². The van der Waals surface area contributed by atoms with Crippen molar-refractivity contribution in [3.05, 3.63) is 59.7 Å². The molecule has 11 heteroatoms. The number of hydrogen-bond donors (Lipinski definition) is 2. The number of likely N-dealkylation sites (tertiary alicyclic amines) is 1. The molecule has 11 nitrogen and oxygen atoms in total. The summed E-state index contributed by atoms with van der Waals surface area (Å²) >= 11 is 0. The molecule has 5 atom stereocenters. The van der Waals surface area contributed by atoms with Gasteiger partial charge in [-0.1, -0.05) is 30.3 Å². The van der Waals surface area contributed by atoms with Crippen LogP contribution in [0.4, 0.5) is 5.69 Å². The van der Waals surface area contributed by atoms with Gasteiger partial charge in [-0.15, -0.1) is 0 Å². The number of fused-ring (bicyclic) bond motifs is 4. The number of nitrogens with zero attached hydrogens (tertiary/aromatic N) is 3. The van der Waals surface area contributed by atoms with Crippen LogP contribution in [-0.2, 0) is 25.5 Å². The first-order valence-electron chi connectivity index (χ1n) is 17.0. The number of carbonyl (C=O) groups is 4. The van der Waals surface area contributed by atoms with Gasteiger partial charge in [0.2, 0.25) is 17.7 Å². The lowest BCUT2D eigenvalue weighted by Gasteiger charge is -2.51. The number of nitrogens with one attached hydrogen (secondary N) is 2. The van der Waals surface area contributed by atoms with Crippen LogP contribution < -0.4 is 20.3 Å². The lowest BCUT2D eigenvalue weighted by molar-refractivity contribution is -0.145. The first-order chi connectivity index (χ1) is 22.8. The number of aryl methyl sites for hydroxylation is 1. The highest BCUT2D eigenvalue weighted by molar-refractivity contribution is 5.96.